The lowest BCUT2D eigenvalue weighted by atomic mass is 10.1. The Labute approximate surface area is 94.0 Å². The van der Waals surface area contributed by atoms with Crippen LogP contribution in [-0.2, 0) is 4.74 Å². The Balaban J connectivity index is 2.14. The molecule has 0 saturated carbocycles. The second-order valence-corrected chi connectivity index (χ2v) is 3.78. The van der Waals surface area contributed by atoms with Crippen molar-refractivity contribution in [2.24, 2.45) is 0 Å². The van der Waals surface area contributed by atoms with Crippen molar-refractivity contribution in [1.29, 1.82) is 0 Å². The van der Waals surface area contributed by atoms with E-state index in [-0.39, 0.29) is 12.0 Å². The van der Waals surface area contributed by atoms with E-state index in [1.54, 1.807) is 11.6 Å². The molecule has 1 unspecified atom stereocenters. The molecule has 0 bridgehead atoms. The van der Waals surface area contributed by atoms with Crippen LogP contribution in [0.15, 0.2) is 6.20 Å². The van der Waals surface area contributed by atoms with Gasteiger partial charge in [-0.2, -0.15) is 0 Å². The lowest BCUT2D eigenvalue weighted by molar-refractivity contribution is 0.0507. The van der Waals surface area contributed by atoms with E-state index in [0.29, 0.717) is 12.3 Å². The molecule has 2 heterocycles. The molecule has 88 valence electrons. The Bertz CT molecular complexity index is 357. The van der Waals surface area contributed by atoms with Crippen LogP contribution in [-0.4, -0.2) is 40.7 Å². The topological polar surface area (TPSA) is 69.0 Å². The number of rotatable bonds is 3. The van der Waals surface area contributed by atoms with E-state index in [9.17, 15) is 4.79 Å². The van der Waals surface area contributed by atoms with Gasteiger partial charge >= 0.3 is 5.97 Å². The summed E-state index contributed by atoms with van der Waals surface area (Å²) in [5.41, 5.74) is 0.440. The van der Waals surface area contributed by atoms with E-state index in [2.05, 4.69) is 15.6 Å². The summed E-state index contributed by atoms with van der Waals surface area (Å²) in [7, 11) is 0. The summed E-state index contributed by atoms with van der Waals surface area (Å²) >= 11 is 0. The van der Waals surface area contributed by atoms with E-state index in [4.69, 9.17) is 4.74 Å². The fourth-order valence-electron chi connectivity index (χ4n) is 1.91. The second kappa shape index (κ2) is 5.07. The molecule has 0 radical (unpaired) electrons. The standard InChI is InChI=1S/C10H16N4O2/c1-2-16-10(15)9-7-12-13-14(9)8-4-3-5-11-6-8/h7-8,11H,2-6H2,1H3. The minimum absolute atomic E-state index is 0.204. The highest BCUT2D eigenvalue weighted by Crippen LogP contribution is 2.17. The molecule has 2 rings (SSSR count). The van der Waals surface area contributed by atoms with Gasteiger partial charge in [-0.1, -0.05) is 5.21 Å². The minimum atomic E-state index is -0.349. The predicted octanol–water partition coefficient (Wildman–Crippen LogP) is 0.379. The average Bonchev–Trinajstić information content (AvgIpc) is 2.79. The normalized spacial score (nSPS) is 20.7. The summed E-state index contributed by atoms with van der Waals surface area (Å²) in [5.74, 6) is -0.349. The number of hydrogen-bond acceptors (Lipinski definition) is 5. The quantitative estimate of drug-likeness (QED) is 0.752. The van der Waals surface area contributed by atoms with Crippen LogP contribution in [0.4, 0.5) is 0 Å². The second-order valence-electron chi connectivity index (χ2n) is 3.78. The van der Waals surface area contributed by atoms with Gasteiger partial charge in [0.25, 0.3) is 0 Å². The van der Waals surface area contributed by atoms with Crippen LogP contribution in [0.5, 0.6) is 0 Å². The molecule has 1 fully saturated rings. The molecule has 1 aliphatic rings. The Kier molecular flexibility index (Phi) is 3.51. The molecule has 0 spiro atoms. The van der Waals surface area contributed by atoms with Crippen LogP contribution < -0.4 is 5.32 Å². The monoisotopic (exact) mass is 224 g/mol. The first-order valence-corrected chi connectivity index (χ1v) is 5.61. The third-order valence-corrected chi connectivity index (χ3v) is 2.68. The molecule has 6 nitrogen and oxygen atoms in total. The molecule has 1 atom stereocenters. The molecule has 0 amide bonds. The lowest BCUT2D eigenvalue weighted by Crippen LogP contribution is -2.33. The molecule has 1 aromatic heterocycles. The van der Waals surface area contributed by atoms with Crippen molar-refractivity contribution in [2.45, 2.75) is 25.8 Å². The number of piperidine rings is 1. The highest BCUT2D eigenvalue weighted by atomic mass is 16.5. The molecule has 1 N–H and O–H groups in total. The first-order chi connectivity index (χ1) is 7.83. The van der Waals surface area contributed by atoms with Crippen LogP contribution in [0.1, 0.15) is 36.3 Å². The minimum Gasteiger partial charge on any atom is -0.461 e. The number of aromatic nitrogens is 3. The van der Waals surface area contributed by atoms with E-state index >= 15 is 0 Å². The highest BCUT2D eigenvalue weighted by molar-refractivity contribution is 5.87. The summed E-state index contributed by atoms with van der Waals surface area (Å²) in [6.07, 6.45) is 3.57. The average molecular weight is 224 g/mol. The molecule has 1 aromatic rings. The SMILES string of the molecule is CCOC(=O)c1cnnn1C1CCCNC1. The Morgan fingerprint density at radius 3 is 3.31 bits per heavy atom. The van der Waals surface area contributed by atoms with Gasteiger partial charge in [0, 0.05) is 6.54 Å². The van der Waals surface area contributed by atoms with E-state index in [1.807, 2.05) is 0 Å². The highest BCUT2D eigenvalue weighted by Gasteiger charge is 2.22. The van der Waals surface area contributed by atoms with Crippen molar-refractivity contribution < 1.29 is 9.53 Å². The van der Waals surface area contributed by atoms with Gasteiger partial charge in [0.2, 0.25) is 0 Å². The largest absolute Gasteiger partial charge is 0.461 e. The zero-order valence-electron chi connectivity index (χ0n) is 9.35. The van der Waals surface area contributed by atoms with Gasteiger partial charge in [-0.15, -0.1) is 5.10 Å². The van der Waals surface area contributed by atoms with E-state index in [1.165, 1.54) is 6.20 Å². The van der Waals surface area contributed by atoms with Crippen molar-refractivity contribution >= 4 is 5.97 Å². The molecule has 0 aliphatic carbocycles. The van der Waals surface area contributed by atoms with Crippen LogP contribution in [0.2, 0.25) is 0 Å². The van der Waals surface area contributed by atoms with Crippen molar-refractivity contribution in [3.63, 3.8) is 0 Å². The fraction of sp³-hybridized carbons (Fsp3) is 0.700. The Hall–Kier alpha value is -1.43. The van der Waals surface area contributed by atoms with Crippen molar-refractivity contribution in [2.75, 3.05) is 19.7 Å². The molecular formula is C10H16N4O2. The predicted molar refractivity (Wildman–Crippen MR) is 57.1 cm³/mol. The number of carbonyl (C=O) groups is 1. The van der Waals surface area contributed by atoms with Crippen LogP contribution in [0, 0.1) is 0 Å². The smallest absolute Gasteiger partial charge is 0.358 e. The number of ether oxygens (including phenoxy) is 1. The third kappa shape index (κ3) is 2.21. The number of nitrogens with zero attached hydrogens (tertiary/aromatic N) is 3. The maximum Gasteiger partial charge on any atom is 0.358 e. The van der Waals surface area contributed by atoms with Crippen molar-refractivity contribution in [3.8, 4) is 0 Å². The number of nitrogens with one attached hydrogen (secondary N) is 1. The molecular weight excluding hydrogens is 208 g/mol. The van der Waals surface area contributed by atoms with Crippen LogP contribution in [0.3, 0.4) is 0 Å². The summed E-state index contributed by atoms with van der Waals surface area (Å²) < 4.78 is 6.63. The maximum atomic E-state index is 11.6. The summed E-state index contributed by atoms with van der Waals surface area (Å²) in [5, 5.41) is 11.0. The van der Waals surface area contributed by atoms with Gasteiger partial charge in [0.05, 0.1) is 18.8 Å². The van der Waals surface area contributed by atoms with Gasteiger partial charge in [0.1, 0.15) is 0 Å². The lowest BCUT2D eigenvalue weighted by Gasteiger charge is -2.23. The number of esters is 1. The molecule has 0 aromatic carbocycles. The maximum absolute atomic E-state index is 11.6. The first-order valence-electron chi connectivity index (χ1n) is 5.61. The van der Waals surface area contributed by atoms with Gasteiger partial charge in [-0.05, 0) is 26.3 Å². The molecule has 1 aliphatic heterocycles. The zero-order chi connectivity index (χ0) is 11.4. The van der Waals surface area contributed by atoms with Gasteiger partial charge in [-0.3, -0.25) is 0 Å². The van der Waals surface area contributed by atoms with Gasteiger partial charge in [-0.25, -0.2) is 9.48 Å². The summed E-state index contributed by atoms with van der Waals surface area (Å²) in [6, 6.07) is 0.204. The number of carbonyl (C=O) groups excluding carboxylic acids is 1. The summed E-state index contributed by atoms with van der Waals surface area (Å²) in [6.45, 7) is 4.01. The third-order valence-electron chi connectivity index (χ3n) is 2.68. The van der Waals surface area contributed by atoms with Crippen LogP contribution >= 0.6 is 0 Å². The van der Waals surface area contributed by atoms with Crippen molar-refractivity contribution in [1.82, 2.24) is 20.3 Å². The zero-order valence-corrected chi connectivity index (χ0v) is 9.35. The number of hydrogen-bond donors (Lipinski definition) is 1. The fourth-order valence-corrected chi connectivity index (χ4v) is 1.91. The Morgan fingerprint density at radius 2 is 2.62 bits per heavy atom. The van der Waals surface area contributed by atoms with Gasteiger partial charge in [0.15, 0.2) is 5.69 Å². The molecule has 16 heavy (non-hydrogen) atoms. The van der Waals surface area contributed by atoms with E-state index in [0.717, 1.165) is 25.9 Å². The van der Waals surface area contributed by atoms with Crippen molar-refractivity contribution in [3.05, 3.63) is 11.9 Å². The first kappa shape index (κ1) is 11.1. The molecule has 1 saturated heterocycles. The summed E-state index contributed by atoms with van der Waals surface area (Å²) in [4.78, 5) is 11.6. The van der Waals surface area contributed by atoms with Gasteiger partial charge < -0.3 is 10.1 Å². The molecule has 6 heteroatoms. The van der Waals surface area contributed by atoms with E-state index < -0.39 is 0 Å². The Morgan fingerprint density at radius 1 is 1.75 bits per heavy atom. The van der Waals surface area contributed by atoms with Crippen LogP contribution in [0.25, 0.3) is 0 Å².